The van der Waals surface area contributed by atoms with E-state index in [-0.39, 0.29) is 10.7 Å². The maximum atomic E-state index is 13.8. The molecule has 0 aliphatic heterocycles. The van der Waals surface area contributed by atoms with Crippen molar-refractivity contribution in [2.75, 3.05) is 0 Å². The summed E-state index contributed by atoms with van der Waals surface area (Å²) in [5.74, 6) is -1.65. The molecule has 1 aromatic carbocycles. The molecule has 0 unspecified atom stereocenters. The van der Waals surface area contributed by atoms with Crippen LogP contribution in [-0.2, 0) is 5.54 Å². The molecule has 5 nitrogen and oxygen atoms in total. The van der Waals surface area contributed by atoms with Gasteiger partial charge in [-0.1, -0.05) is 17.7 Å². The van der Waals surface area contributed by atoms with E-state index < -0.39 is 17.3 Å². The first kappa shape index (κ1) is 16.4. The zero-order valence-corrected chi connectivity index (χ0v) is 14.1. The third kappa shape index (κ3) is 2.73. The van der Waals surface area contributed by atoms with Crippen LogP contribution in [-0.4, -0.2) is 25.8 Å². The lowest BCUT2D eigenvalue weighted by molar-refractivity contribution is 0.0690. The summed E-state index contributed by atoms with van der Waals surface area (Å²) in [6.45, 7) is 5.79. The van der Waals surface area contributed by atoms with E-state index in [4.69, 9.17) is 11.6 Å². The Bertz CT molecular complexity index is 960. The van der Waals surface area contributed by atoms with Gasteiger partial charge in [0.05, 0.1) is 10.6 Å². The first-order chi connectivity index (χ1) is 11.2. The number of aromatic nitrogens is 3. The van der Waals surface area contributed by atoms with Gasteiger partial charge in [0, 0.05) is 10.9 Å². The Morgan fingerprint density at radius 3 is 2.54 bits per heavy atom. The second kappa shape index (κ2) is 5.56. The molecule has 3 aromatic rings. The van der Waals surface area contributed by atoms with E-state index in [2.05, 4.69) is 10.1 Å². The number of halogens is 2. The molecule has 7 heteroatoms. The fourth-order valence-electron chi connectivity index (χ4n) is 2.44. The highest BCUT2D eigenvalue weighted by Crippen LogP contribution is 2.32. The minimum Gasteiger partial charge on any atom is -0.477 e. The number of carboxylic acids is 1. The summed E-state index contributed by atoms with van der Waals surface area (Å²) >= 11 is 5.74. The molecule has 0 spiro atoms. The molecular formula is C17H15ClFN3O2. The highest BCUT2D eigenvalue weighted by atomic mass is 35.5. The molecule has 2 aromatic heterocycles. The Hall–Kier alpha value is -2.47. The van der Waals surface area contributed by atoms with E-state index in [0.29, 0.717) is 22.3 Å². The van der Waals surface area contributed by atoms with Crippen LogP contribution in [0.15, 0.2) is 30.3 Å². The predicted molar refractivity (Wildman–Crippen MR) is 89.9 cm³/mol. The van der Waals surface area contributed by atoms with Gasteiger partial charge in [-0.2, -0.15) is 5.10 Å². The van der Waals surface area contributed by atoms with Crippen LogP contribution in [0.3, 0.4) is 0 Å². The summed E-state index contributed by atoms with van der Waals surface area (Å²) in [6.07, 6.45) is 0. The van der Waals surface area contributed by atoms with E-state index >= 15 is 0 Å². The fraction of sp³-hybridized carbons (Fsp3) is 0.235. The summed E-state index contributed by atoms with van der Waals surface area (Å²) in [6, 6.07) is 7.50. The second-order valence-electron chi connectivity index (χ2n) is 6.43. The van der Waals surface area contributed by atoms with Crippen molar-refractivity contribution in [1.29, 1.82) is 0 Å². The minimum atomic E-state index is -1.11. The van der Waals surface area contributed by atoms with Gasteiger partial charge in [-0.25, -0.2) is 18.9 Å². The van der Waals surface area contributed by atoms with E-state index in [9.17, 15) is 14.3 Å². The van der Waals surface area contributed by atoms with Crippen molar-refractivity contribution in [1.82, 2.24) is 14.8 Å². The van der Waals surface area contributed by atoms with Crippen molar-refractivity contribution in [3.05, 3.63) is 46.9 Å². The van der Waals surface area contributed by atoms with Gasteiger partial charge in [0.25, 0.3) is 0 Å². The topological polar surface area (TPSA) is 68.0 Å². The lowest BCUT2D eigenvalue weighted by Gasteiger charge is -2.19. The first-order valence-corrected chi connectivity index (χ1v) is 7.65. The SMILES string of the molecule is CC(C)(C)n1nc(-c2ccc(Cl)c(F)c2)c2ccc(C(=O)O)nc21. The molecule has 0 fully saturated rings. The van der Waals surface area contributed by atoms with Gasteiger partial charge in [0.15, 0.2) is 11.3 Å². The average Bonchev–Trinajstić information content (AvgIpc) is 2.88. The molecule has 1 N–H and O–H groups in total. The van der Waals surface area contributed by atoms with Gasteiger partial charge in [0.1, 0.15) is 11.5 Å². The van der Waals surface area contributed by atoms with E-state index in [1.165, 1.54) is 18.2 Å². The van der Waals surface area contributed by atoms with E-state index in [0.717, 1.165) is 0 Å². The molecule has 0 bridgehead atoms. The van der Waals surface area contributed by atoms with Crippen LogP contribution in [0, 0.1) is 5.82 Å². The van der Waals surface area contributed by atoms with Gasteiger partial charge >= 0.3 is 5.97 Å². The smallest absolute Gasteiger partial charge is 0.354 e. The second-order valence-corrected chi connectivity index (χ2v) is 6.84. The average molecular weight is 348 g/mol. The Morgan fingerprint density at radius 2 is 1.96 bits per heavy atom. The predicted octanol–water partition coefficient (Wildman–Crippen LogP) is 4.34. The number of carbonyl (C=O) groups is 1. The van der Waals surface area contributed by atoms with Crippen molar-refractivity contribution in [3.63, 3.8) is 0 Å². The van der Waals surface area contributed by atoms with Crippen LogP contribution >= 0.6 is 11.6 Å². The van der Waals surface area contributed by atoms with Crippen LogP contribution in [0.4, 0.5) is 4.39 Å². The molecule has 0 atom stereocenters. The molecule has 0 saturated heterocycles. The van der Waals surface area contributed by atoms with Gasteiger partial charge in [0.2, 0.25) is 0 Å². The third-order valence-corrected chi connectivity index (χ3v) is 3.88. The molecule has 0 amide bonds. The van der Waals surface area contributed by atoms with Crippen molar-refractivity contribution in [2.45, 2.75) is 26.3 Å². The number of hydrogen-bond acceptors (Lipinski definition) is 3. The van der Waals surface area contributed by atoms with Gasteiger partial charge in [-0.15, -0.1) is 0 Å². The van der Waals surface area contributed by atoms with Crippen molar-refractivity contribution < 1.29 is 14.3 Å². The third-order valence-electron chi connectivity index (χ3n) is 3.58. The number of rotatable bonds is 2. The van der Waals surface area contributed by atoms with E-state index in [1.54, 1.807) is 16.8 Å². The number of carboxylic acid groups (broad SMARTS) is 1. The maximum absolute atomic E-state index is 13.8. The van der Waals surface area contributed by atoms with Crippen LogP contribution in [0.2, 0.25) is 5.02 Å². The van der Waals surface area contributed by atoms with Crippen molar-refractivity contribution >= 4 is 28.6 Å². The molecular weight excluding hydrogens is 333 g/mol. The van der Waals surface area contributed by atoms with Crippen molar-refractivity contribution in [2.24, 2.45) is 0 Å². The first-order valence-electron chi connectivity index (χ1n) is 7.27. The zero-order valence-electron chi connectivity index (χ0n) is 13.3. The van der Waals surface area contributed by atoms with Gasteiger partial charge in [-0.05, 0) is 45.0 Å². The number of aromatic carboxylic acids is 1. The minimum absolute atomic E-state index is 0.0320. The molecule has 2 heterocycles. The zero-order chi connectivity index (χ0) is 17.6. The molecule has 124 valence electrons. The number of hydrogen-bond donors (Lipinski definition) is 1. The molecule has 24 heavy (non-hydrogen) atoms. The normalized spacial score (nSPS) is 11.9. The van der Waals surface area contributed by atoms with Crippen molar-refractivity contribution in [3.8, 4) is 11.3 Å². The largest absolute Gasteiger partial charge is 0.477 e. The summed E-state index contributed by atoms with van der Waals surface area (Å²) in [5.41, 5.74) is 1.02. The summed E-state index contributed by atoms with van der Waals surface area (Å²) in [7, 11) is 0. The number of fused-ring (bicyclic) bond motifs is 1. The van der Waals surface area contributed by atoms with Crippen LogP contribution in [0.5, 0.6) is 0 Å². The Morgan fingerprint density at radius 1 is 1.25 bits per heavy atom. The number of pyridine rings is 1. The monoisotopic (exact) mass is 347 g/mol. The summed E-state index contributed by atoms with van der Waals surface area (Å²) in [5, 5.41) is 14.4. The van der Waals surface area contributed by atoms with Crippen LogP contribution in [0.25, 0.3) is 22.3 Å². The van der Waals surface area contributed by atoms with Gasteiger partial charge in [-0.3, -0.25) is 0 Å². The lowest BCUT2D eigenvalue weighted by atomic mass is 10.1. The lowest BCUT2D eigenvalue weighted by Crippen LogP contribution is -2.23. The number of benzene rings is 1. The quantitative estimate of drug-likeness (QED) is 0.748. The summed E-state index contributed by atoms with van der Waals surface area (Å²) < 4.78 is 15.5. The highest BCUT2D eigenvalue weighted by molar-refractivity contribution is 6.30. The van der Waals surface area contributed by atoms with Gasteiger partial charge < -0.3 is 5.11 Å². The van der Waals surface area contributed by atoms with Crippen LogP contribution < -0.4 is 0 Å². The standard InChI is InChI=1S/C17H15ClFN3O2/c1-17(2,3)22-15-10(5-7-13(20-15)16(23)24)14(21-22)9-4-6-11(18)12(19)8-9/h4-8H,1-3H3,(H,23,24). The van der Waals surface area contributed by atoms with Crippen LogP contribution in [0.1, 0.15) is 31.3 Å². The molecule has 3 rings (SSSR count). The van der Waals surface area contributed by atoms with E-state index in [1.807, 2.05) is 20.8 Å². The molecule has 0 aliphatic carbocycles. The number of nitrogens with zero attached hydrogens (tertiary/aromatic N) is 3. The Kier molecular flexibility index (Phi) is 3.80. The molecule has 0 radical (unpaired) electrons. The Balaban J connectivity index is 2.33. The fourth-order valence-corrected chi connectivity index (χ4v) is 2.56. The Labute approximate surface area is 142 Å². The highest BCUT2D eigenvalue weighted by Gasteiger charge is 2.23. The summed E-state index contributed by atoms with van der Waals surface area (Å²) in [4.78, 5) is 15.4. The maximum Gasteiger partial charge on any atom is 0.354 e. The molecule has 0 aliphatic rings. The molecule has 0 saturated carbocycles.